The highest BCUT2D eigenvalue weighted by atomic mass is 32.2. The second kappa shape index (κ2) is 9.02. The molecule has 0 unspecified atom stereocenters. The van der Waals surface area contributed by atoms with E-state index >= 15 is 0 Å². The number of carbonyl (C=O) groups excluding carboxylic acids is 2. The molecule has 0 aromatic carbocycles. The minimum absolute atomic E-state index is 0.0620. The number of thioether (sulfide) groups is 4. The van der Waals surface area contributed by atoms with Crippen LogP contribution in [0, 0.1) is 0 Å². The monoisotopic (exact) mass is 406 g/mol. The molecule has 0 atom stereocenters. The summed E-state index contributed by atoms with van der Waals surface area (Å²) in [4.78, 5) is 50.1. The maximum Gasteiger partial charge on any atom is 0.284 e. The first kappa shape index (κ1) is 21.2. The zero-order chi connectivity index (χ0) is 18.6. The Hall–Kier alpha value is -0.840. The second-order valence-corrected chi connectivity index (χ2v) is 8.19. The highest BCUT2D eigenvalue weighted by Gasteiger charge is 2.20. The Kier molecular flexibility index (Phi) is 7.97. The summed E-state index contributed by atoms with van der Waals surface area (Å²) in [5.41, 5.74) is -1.32. The molecule has 0 radical (unpaired) electrons. The molecule has 1 rings (SSSR count). The van der Waals surface area contributed by atoms with Crippen LogP contribution in [0.2, 0.25) is 0 Å². The molecule has 132 valence electrons. The molecule has 1 aromatic rings. The first-order chi connectivity index (χ1) is 11.3. The summed E-state index contributed by atoms with van der Waals surface area (Å²) in [6.07, 6.45) is 6.97. The van der Waals surface area contributed by atoms with Crippen molar-refractivity contribution in [1.82, 2.24) is 9.13 Å². The minimum Gasteiger partial charge on any atom is -0.274 e. The van der Waals surface area contributed by atoms with Gasteiger partial charge in [-0.1, -0.05) is 0 Å². The summed E-state index contributed by atoms with van der Waals surface area (Å²) in [5.74, 6) is -1.13. The third kappa shape index (κ3) is 3.87. The standard InChI is InChI=1S/C14H18N2O4S4/c1-7(17)15-9(13(21-3)22-4)12(20)16(8(2)18)10(11(15)19)14(23-5)24-6/h1-6H3. The lowest BCUT2D eigenvalue weighted by atomic mass is 10.4. The summed E-state index contributed by atoms with van der Waals surface area (Å²) in [6.45, 7) is 2.45. The van der Waals surface area contributed by atoms with E-state index in [4.69, 9.17) is 0 Å². The molecular weight excluding hydrogens is 388 g/mol. The predicted octanol–water partition coefficient (Wildman–Crippen LogP) is 0.914. The van der Waals surface area contributed by atoms with Gasteiger partial charge in [0, 0.05) is 13.8 Å². The third-order valence-electron chi connectivity index (χ3n) is 3.02. The molecule has 0 amide bonds. The number of rotatable bonds is 4. The topological polar surface area (TPSA) is 78.1 Å². The molecule has 10 heteroatoms. The van der Waals surface area contributed by atoms with Crippen LogP contribution in [0.25, 0.3) is 8.47 Å². The van der Waals surface area contributed by atoms with E-state index in [9.17, 15) is 19.2 Å². The molecule has 0 bridgehead atoms. The van der Waals surface area contributed by atoms with Crippen molar-refractivity contribution >= 4 is 67.3 Å². The average Bonchev–Trinajstić information content (AvgIpc) is 2.52. The van der Waals surface area contributed by atoms with E-state index in [-0.39, 0.29) is 10.7 Å². The van der Waals surface area contributed by atoms with Crippen molar-refractivity contribution in [2.24, 2.45) is 0 Å². The first-order valence-corrected chi connectivity index (χ1v) is 11.5. The Morgan fingerprint density at radius 3 is 1.08 bits per heavy atom. The van der Waals surface area contributed by atoms with Crippen molar-refractivity contribution in [3.63, 3.8) is 0 Å². The molecule has 0 aliphatic carbocycles. The Morgan fingerprint density at radius 2 is 0.917 bits per heavy atom. The molecule has 0 N–H and O–H groups in total. The zero-order valence-corrected chi connectivity index (χ0v) is 17.4. The quantitative estimate of drug-likeness (QED) is 0.730. The molecule has 1 heterocycles. The lowest BCUT2D eigenvalue weighted by molar-refractivity contribution is 0.0901. The smallest absolute Gasteiger partial charge is 0.274 e. The summed E-state index contributed by atoms with van der Waals surface area (Å²) in [6, 6.07) is 0. The van der Waals surface area contributed by atoms with Crippen molar-refractivity contribution in [3.8, 4) is 0 Å². The molecule has 24 heavy (non-hydrogen) atoms. The van der Waals surface area contributed by atoms with Crippen LogP contribution in [0.5, 0.6) is 0 Å². The van der Waals surface area contributed by atoms with Crippen LogP contribution in [-0.2, 0) is 0 Å². The summed E-state index contributed by atoms with van der Waals surface area (Å²) < 4.78 is 2.74. The van der Waals surface area contributed by atoms with Gasteiger partial charge in [-0.05, 0) is 25.0 Å². The Balaban J connectivity index is 4.57. The highest BCUT2D eigenvalue weighted by Crippen LogP contribution is 2.23. The van der Waals surface area contributed by atoms with Gasteiger partial charge >= 0.3 is 0 Å². The molecule has 0 aliphatic rings. The molecule has 1 aromatic heterocycles. The van der Waals surface area contributed by atoms with E-state index in [0.29, 0.717) is 8.47 Å². The number of nitrogens with zero attached hydrogens (tertiary/aromatic N) is 2. The van der Waals surface area contributed by atoms with Crippen LogP contribution >= 0.6 is 47.0 Å². The van der Waals surface area contributed by atoms with E-state index in [0.717, 1.165) is 9.13 Å². The lowest BCUT2D eigenvalue weighted by Crippen LogP contribution is -2.61. The first-order valence-electron chi connectivity index (χ1n) is 6.61. The number of hydrogen-bond acceptors (Lipinski definition) is 8. The van der Waals surface area contributed by atoms with Gasteiger partial charge in [0.2, 0.25) is 11.8 Å². The predicted molar refractivity (Wildman–Crippen MR) is 108 cm³/mol. The number of hydrogen-bond donors (Lipinski definition) is 0. The van der Waals surface area contributed by atoms with E-state index < -0.39 is 22.9 Å². The summed E-state index contributed by atoms with van der Waals surface area (Å²) >= 11 is 5.00. The van der Waals surface area contributed by atoms with Crippen molar-refractivity contribution in [2.75, 3.05) is 25.0 Å². The SMILES string of the molecule is CSC(SC)=c1c(=O)n(C(C)=O)c(=C(SC)SC)c(=O)n1C(C)=O. The van der Waals surface area contributed by atoms with Gasteiger partial charge in [-0.15, -0.1) is 47.0 Å². The van der Waals surface area contributed by atoms with Gasteiger partial charge in [0.15, 0.2) is 0 Å². The Labute approximate surface area is 156 Å². The molecule has 6 nitrogen and oxygen atoms in total. The molecule has 0 fully saturated rings. The van der Waals surface area contributed by atoms with Gasteiger partial charge in [-0.2, -0.15) is 0 Å². The van der Waals surface area contributed by atoms with Crippen molar-refractivity contribution in [1.29, 1.82) is 0 Å². The average molecular weight is 407 g/mol. The van der Waals surface area contributed by atoms with Crippen LogP contribution in [0.1, 0.15) is 23.4 Å². The maximum atomic E-state index is 13.0. The molecule has 0 aliphatic heterocycles. The normalized spacial score (nSPS) is 10.6. The van der Waals surface area contributed by atoms with E-state index in [1.807, 2.05) is 0 Å². The van der Waals surface area contributed by atoms with Crippen molar-refractivity contribution < 1.29 is 9.59 Å². The van der Waals surface area contributed by atoms with E-state index in [1.54, 1.807) is 25.0 Å². The molecular formula is C14H18N2O4S4. The van der Waals surface area contributed by atoms with Crippen molar-refractivity contribution in [3.05, 3.63) is 31.4 Å². The Morgan fingerprint density at radius 1 is 0.667 bits per heavy atom. The highest BCUT2D eigenvalue weighted by molar-refractivity contribution is 8.29. The molecule has 0 saturated heterocycles. The minimum atomic E-state index is -0.661. The van der Waals surface area contributed by atoms with Gasteiger partial charge < -0.3 is 0 Å². The fraction of sp³-hybridized carbons (Fsp3) is 0.429. The second-order valence-electron chi connectivity index (χ2n) is 4.41. The van der Waals surface area contributed by atoms with Gasteiger partial charge in [-0.3, -0.25) is 19.2 Å². The fourth-order valence-electron chi connectivity index (χ4n) is 2.12. The molecule has 0 spiro atoms. The summed E-state index contributed by atoms with van der Waals surface area (Å²) in [7, 11) is 0. The number of aromatic nitrogens is 2. The van der Waals surface area contributed by atoms with Crippen LogP contribution in [0.3, 0.4) is 0 Å². The summed E-state index contributed by atoms with van der Waals surface area (Å²) in [5, 5.41) is -0.124. The lowest BCUT2D eigenvalue weighted by Gasteiger charge is -2.11. The largest absolute Gasteiger partial charge is 0.284 e. The van der Waals surface area contributed by atoms with Crippen LogP contribution in [0.15, 0.2) is 9.59 Å². The van der Waals surface area contributed by atoms with Crippen LogP contribution in [0.4, 0.5) is 0 Å². The van der Waals surface area contributed by atoms with E-state index in [2.05, 4.69) is 0 Å². The van der Waals surface area contributed by atoms with Crippen LogP contribution in [-0.4, -0.2) is 46.0 Å². The van der Waals surface area contributed by atoms with Crippen LogP contribution < -0.4 is 21.8 Å². The van der Waals surface area contributed by atoms with Gasteiger partial charge in [0.25, 0.3) is 11.1 Å². The third-order valence-corrected chi connectivity index (χ3v) is 7.27. The Bertz CT molecular complexity index is 827. The van der Waals surface area contributed by atoms with Gasteiger partial charge in [0.1, 0.15) is 10.7 Å². The zero-order valence-electron chi connectivity index (χ0n) is 14.2. The fourth-order valence-corrected chi connectivity index (χ4v) is 4.94. The number of carbonyl (C=O) groups is 2. The maximum absolute atomic E-state index is 13.0. The van der Waals surface area contributed by atoms with Gasteiger partial charge in [0.05, 0.1) is 8.47 Å². The van der Waals surface area contributed by atoms with Gasteiger partial charge in [-0.25, -0.2) is 9.13 Å². The van der Waals surface area contributed by atoms with E-state index in [1.165, 1.54) is 60.9 Å². The van der Waals surface area contributed by atoms with Crippen molar-refractivity contribution in [2.45, 2.75) is 13.8 Å². The molecule has 0 saturated carbocycles.